The Hall–Kier alpha value is -2.67. The first kappa shape index (κ1) is 12.1. The third kappa shape index (κ3) is 1.98. The van der Waals surface area contributed by atoms with Crippen LogP contribution in [0.2, 0.25) is 0 Å². The number of benzene rings is 3. The highest BCUT2D eigenvalue weighted by atomic mass is 14.7. The van der Waals surface area contributed by atoms with E-state index in [-0.39, 0.29) is 0 Å². The third-order valence-corrected chi connectivity index (χ3v) is 3.93. The van der Waals surface area contributed by atoms with Gasteiger partial charge in [-0.05, 0) is 24.6 Å². The lowest BCUT2D eigenvalue weighted by molar-refractivity contribution is 1.46. The molecule has 1 heteroatoms. The summed E-state index contributed by atoms with van der Waals surface area (Å²) >= 11 is 0. The molecule has 1 aromatic heterocycles. The fraction of sp³-hybridized carbons (Fsp3) is 0.0500. The van der Waals surface area contributed by atoms with E-state index in [4.69, 9.17) is 4.98 Å². The van der Waals surface area contributed by atoms with E-state index in [0.29, 0.717) is 0 Å². The fourth-order valence-electron chi connectivity index (χ4n) is 2.87. The molecule has 3 aromatic carbocycles. The van der Waals surface area contributed by atoms with Crippen molar-refractivity contribution in [3.8, 4) is 11.1 Å². The predicted octanol–water partition coefficient (Wildman–Crippen LogP) is 5.36. The number of nitrogens with zero attached hydrogens (tertiary/aromatic N) is 1. The zero-order valence-electron chi connectivity index (χ0n) is 11.9. The molecule has 1 nitrogen and oxygen atoms in total. The first-order valence-corrected chi connectivity index (χ1v) is 7.17. The second-order valence-corrected chi connectivity index (χ2v) is 5.39. The van der Waals surface area contributed by atoms with E-state index >= 15 is 0 Å². The summed E-state index contributed by atoms with van der Waals surface area (Å²) in [7, 11) is 0. The van der Waals surface area contributed by atoms with E-state index in [0.717, 1.165) is 11.0 Å². The predicted molar refractivity (Wildman–Crippen MR) is 89.4 cm³/mol. The van der Waals surface area contributed by atoms with Gasteiger partial charge in [0.1, 0.15) is 0 Å². The Morgan fingerprint density at radius 2 is 1.14 bits per heavy atom. The van der Waals surface area contributed by atoms with Gasteiger partial charge in [-0.1, -0.05) is 66.2 Å². The number of aryl methyl sites for hydroxylation is 1. The molecule has 0 saturated carbocycles. The van der Waals surface area contributed by atoms with Crippen LogP contribution in [0, 0.1) is 6.92 Å². The molecular formula is C20H15N. The normalized spacial score (nSPS) is 11.1. The van der Waals surface area contributed by atoms with Crippen LogP contribution in [0.25, 0.3) is 32.9 Å². The van der Waals surface area contributed by atoms with Crippen molar-refractivity contribution in [2.75, 3.05) is 0 Å². The lowest BCUT2D eigenvalue weighted by Gasteiger charge is -2.11. The van der Waals surface area contributed by atoms with Crippen molar-refractivity contribution in [3.05, 3.63) is 78.4 Å². The first-order chi connectivity index (χ1) is 10.3. The lowest BCUT2D eigenvalue weighted by atomic mass is 9.95. The SMILES string of the molecule is Cc1ccc(-c2c3ccccc3nc3ccccc23)cc1. The Morgan fingerprint density at radius 3 is 1.71 bits per heavy atom. The van der Waals surface area contributed by atoms with Gasteiger partial charge in [0, 0.05) is 16.3 Å². The average Bonchev–Trinajstić information content (AvgIpc) is 2.53. The van der Waals surface area contributed by atoms with Crippen LogP contribution in [0.15, 0.2) is 72.8 Å². The van der Waals surface area contributed by atoms with Crippen LogP contribution in [0.1, 0.15) is 5.56 Å². The Kier molecular flexibility index (Phi) is 2.71. The van der Waals surface area contributed by atoms with Crippen LogP contribution >= 0.6 is 0 Å². The molecule has 4 rings (SSSR count). The Balaban J connectivity index is 2.18. The van der Waals surface area contributed by atoms with Gasteiger partial charge in [0.2, 0.25) is 0 Å². The van der Waals surface area contributed by atoms with Gasteiger partial charge < -0.3 is 0 Å². The average molecular weight is 269 g/mol. The maximum Gasteiger partial charge on any atom is 0.0715 e. The number of hydrogen-bond donors (Lipinski definition) is 0. The highest BCUT2D eigenvalue weighted by Crippen LogP contribution is 2.34. The number of rotatable bonds is 1. The minimum atomic E-state index is 1.05. The molecule has 0 N–H and O–H groups in total. The fourth-order valence-corrected chi connectivity index (χ4v) is 2.87. The Morgan fingerprint density at radius 1 is 0.619 bits per heavy atom. The summed E-state index contributed by atoms with van der Waals surface area (Å²) in [5.41, 5.74) is 5.89. The number of pyridine rings is 1. The summed E-state index contributed by atoms with van der Waals surface area (Å²) in [4.78, 5) is 4.78. The molecule has 0 bridgehead atoms. The lowest BCUT2D eigenvalue weighted by Crippen LogP contribution is -1.88. The second-order valence-electron chi connectivity index (χ2n) is 5.39. The molecule has 0 aliphatic heterocycles. The topological polar surface area (TPSA) is 12.9 Å². The maximum absolute atomic E-state index is 4.78. The standard InChI is InChI=1S/C20H15N/c1-14-10-12-15(13-11-14)20-16-6-2-4-8-18(16)21-19-9-5-3-7-17(19)20/h2-13H,1H3. The van der Waals surface area contributed by atoms with Crippen LogP contribution in [-0.4, -0.2) is 4.98 Å². The van der Waals surface area contributed by atoms with Gasteiger partial charge >= 0.3 is 0 Å². The van der Waals surface area contributed by atoms with Crippen LogP contribution in [-0.2, 0) is 0 Å². The van der Waals surface area contributed by atoms with Crippen LogP contribution in [0.5, 0.6) is 0 Å². The van der Waals surface area contributed by atoms with Gasteiger partial charge in [-0.15, -0.1) is 0 Å². The molecule has 0 unspecified atom stereocenters. The molecule has 0 radical (unpaired) electrons. The minimum Gasteiger partial charge on any atom is -0.248 e. The van der Waals surface area contributed by atoms with Crippen molar-refractivity contribution in [1.29, 1.82) is 0 Å². The van der Waals surface area contributed by atoms with Gasteiger partial charge in [-0.25, -0.2) is 4.98 Å². The zero-order chi connectivity index (χ0) is 14.2. The Labute approximate surface area is 123 Å². The summed E-state index contributed by atoms with van der Waals surface area (Å²) < 4.78 is 0. The van der Waals surface area contributed by atoms with Crippen molar-refractivity contribution < 1.29 is 0 Å². The van der Waals surface area contributed by atoms with Crippen molar-refractivity contribution in [2.45, 2.75) is 6.92 Å². The van der Waals surface area contributed by atoms with Crippen LogP contribution < -0.4 is 0 Å². The molecule has 0 aliphatic rings. The van der Waals surface area contributed by atoms with E-state index in [1.165, 1.54) is 27.5 Å². The monoisotopic (exact) mass is 269 g/mol. The van der Waals surface area contributed by atoms with Crippen molar-refractivity contribution >= 4 is 21.8 Å². The molecular weight excluding hydrogens is 254 g/mol. The molecule has 0 spiro atoms. The van der Waals surface area contributed by atoms with Gasteiger partial charge in [0.15, 0.2) is 0 Å². The quantitative estimate of drug-likeness (QED) is 0.424. The molecule has 21 heavy (non-hydrogen) atoms. The van der Waals surface area contributed by atoms with Crippen molar-refractivity contribution in [1.82, 2.24) is 4.98 Å². The molecule has 1 heterocycles. The second kappa shape index (κ2) is 4.71. The first-order valence-electron chi connectivity index (χ1n) is 7.17. The van der Waals surface area contributed by atoms with Gasteiger partial charge in [0.05, 0.1) is 11.0 Å². The van der Waals surface area contributed by atoms with Gasteiger partial charge in [-0.2, -0.15) is 0 Å². The molecule has 0 atom stereocenters. The van der Waals surface area contributed by atoms with Gasteiger partial charge in [-0.3, -0.25) is 0 Å². The smallest absolute Gasteiger partial charge is 0.0715 e. The van der Waals surface area contributed by atoms with Gasteiger partial charge in [0.25, 0.3) is 0 Å². The summed E-state index contributed by atoms with van der Waals surface area (Å²) in [6.07, 6.45) is 0. The number of fused-ring (bicyclic) bond motifs is 2. The summed E-state index contributed by atoms with van der Waals surface area (Å²) in [6.45, 7) is 2.12. The maximum atomic E-state index is 4.78. The highest BCUT2D eigenvalue weighted by molar-refractivity contribution is 6.09. The Bertz CT molecular complexity index is 883. The summed E-state index contributed by atoms with van der Waals surface area (Å²) in [6, 6.07) is 25.5. The van der Waals surface area contributed by atoms with Crippen molar-refractivity contribution in [2.24, 2.45) is 0 Å². The number of para-hydroxylation sites is 2. The van der Waals surface area contributed by atoms with Crippen LogP contribution in [0.4, 0.5) is 0 Å². The molecule has 100 valence electrons. The number of hydrogen-bond acceptors (Lipinski definition) is 1. The largest absolute Gasteiger partial charge is 0.248 e. The minimum absolute atomic E-state index is 1.05. The van der Waals surface area contributed by atoms with E-state index in [1.807, 2.05) is 12.1 Å². The van der Waals surface area contributed by atoms with Crippen LogP contribution in [0.3, 0.4) is 0 Å². The molecule has 0 amide bonds. The van der Waals surface area contributed by atoms with E-state index in [2.05, 4.69) is 67.6 Å². The van der Waals surface area contributed by atoms with E-state index in [9.17, 15) is 0 Å². The molecule has 4 aromatic rings. The summed E-state index contributed by atoms with van der Waals surface area (Å²) in [5.74, 6) is 0. The third-order valence-electron chi connectivity index (χ3n) is 3.93. The highest BCUT2D eigenvalue weighted by Gasteiger charge is 2.10. The van der Waals surface area contributed by atoms with E-state index in [1.54, 1.807) is 0 Å². The van der Waals surface area contributed by atoms with E-state index < -0.39 is 0 Å². The molecule has 0 aliphatic carbocycles. The zero-order valence-corrected chi connectivity index (χ0v) is 11.9. The number of aromatic nitrogens is 1. The summed E-state index contributed by atoms with van der Waals surface area (Å²) in [5, 5.41) is 2.42. The molecule has 0 saturated heterocycles. The molecule has 0 fully saturated rings. The van der Waals surface area contributed by atoms with Crippen molar-refractivity contribution in [3.63, 3.8) is 0 Å².